The topological polar surface area (TPSA) is 34.2 Å². The van der Waals surface area contributed by atoms with E-state index in [9.17, 15) is 0 Å². The van der Waals surface area contributed by atoms with E-state index in [2.05, 4.69) is 23.3 Å². The molecule has 0 aliphatic heterocycles. The molecule has 0 amide bonds. The predicted molar refractivity (Wildman–Crippen MR) is 82.5 cm³/mol. The minimum Gasteiger partial charge on any atom is -0.439 e. The highest BCUT2D eigenvalue weighted by molar-refractivity contribution is 6.30. The molecule has 0 aliphatic rings. The zero-order chi connectivity index (χ0) is 14.4. The zero-order valence-corrected chi connectivity index (χ0v) is 12.6. The summed E-state index contributed by atoms with van der Waals surface area (Å²) in [5.41, 5.74) is 2.11. The summed E-state index contributed by atoms with van der Waals surface area (Å²) in [7, 11) is 0. The second-order valence-corrected chi connectivity index (χ2v) is 5.13. The summed E-state index contributed by atoms with van der Waals surface area (Å²) in [6.07, 6.45) is 1.12. The Hall–Kier alpha value is -1.58. The molecule has 4 heteroatoms. The van der Waals surface area contributed by atoms with Gasteiger partial charge in [0.05, 0.1) is 0 Å². The van der Waals surface area contributed by atoms with Crippen molar-refractivity contribution in [3.05, 3.63) is 52.7 Å². The highest BCUT2D eigenvalue weighted by Gasteiger charge is 2.03. The molecule has 0 saturated heterocycles. The second kappa shape index (κ2) is 7.27. The van der Waals surface area contributed by atoms with Crippen LogP contribution in [0.25, 0.3) is 0 Å². The Labute approximate surface area is 124 Å². The van der Waals surface area contributed by atoms with Crippen LogP contribution in [0.3, 0.4) is 0 Å². The summed E-state index contributed by atoms with van der Waals surface area (Å²) in [5, 5.41) is 4.03. The molecular weight excluding hydrogens is 272 g/mol. The van der Waals surface area contributed by atoms with E-state index in [0.29, 0.717) is 16.7 Å². The average Bonchev–Trinajstić information content (AvgIpc) is 2.38. The highest BCUT2D eigenvalue weighted by Crippen LogP contribution is 2.23. The van der Waals surface area contributed by atoms with Crippen LogP contribution in [0.15, 0.2) is 36.4 Å². The third-order valence-electron chi connectivity index (χ3n) is 2.76. The summed E-state index contributed by atoms with van der Waals surface area (Å²) in [4.78, 5) is 4.39. The van der Waals surface area contributed by atoms with Crippen molar-refractivity contribution in [1.29, 1.82) is 0 Å². The number of aromatic nitrogens is 1. The first-order valence-corrected chi connectivity index (χ1v) is 7.17. The number of hydrogen-bond donors (Lipinski definition) is 1. The first kappa shape index (κ1) is 14.8. The van der Waals surface area contributed by atoms with Gasteiger partial charge in [-0.15, -0.1) is 0 Å². The number of nitrogens with zero attached hydrogens (tertiary/aromatic N) is 1. The number of hydrogen-bond acceptors (Lipinski definition) is 3. The summed E-state index contributed by atoms with van der Waals surface area (Å²) >= 11 is 5.95. The summed E-state index contributed by atoms with van der Waals surface area (Å²) in [6.45, 7) is 5.95. The third kappa shape index (κ3) is 4.51. The molecule has 20 heavy (non-hydrogen) atoms. The number of ether oxygens (including phenoxy) is 1. The normalized spacial score (nSPS) is 10.6. The fourth-order valence-corrected chi connectivity index (χ4v) is 2.10. The van der Waals surface area contributed by atoms with Crippen LogP contribution < -0.4 is 10.1 Å². The van der Waals surface area contributed by atoms with Gasteiger partial charge in [-0.05, 0) is 49.7 Å². The van der Waals surface area contributed by atoms with E-state index < -0.39 is 0 Å². The quantitative estimate of drug-likeness (QED) is 0.804. The lowest BCUT2D eigenvalue weighted by molar-refractivity contribution is 0.460. The molecule has 106 valence electrons. The van der Waals surface area contributed by atoms with Crippen molar-refractivity contribution >= 4 is 11.6 Å². The van der Waals surface area contributed by atoms with Crippen LogP contribution in [0.2, 0.25) is 5.02 Å². The lowest BCUT2D eigenvalue weighted by Crippen LogP contribution is -2.14. The first-order valence-electron chi connectivity index (χ1n) is 6.79. The van der Waals surface area contributed by atoms with E-state index in [4.69, 9.17) is 16.3 Å². The Morgan fingerprint density at radius 2 is 2.10 bits per heavy atom. The molecule has 1 N–H and O–H groups in total. The van der Waals surface area contributed by atoms with Crippen LogP contribution >= 0.6 is 11.6 Å². The van der Waals surface area contributed by atoms with Crippen LogP contribution in [-0.2, 0) is 6.54 Å². The molecule has 1 aromatic carbocycles. The minimum atomic E-state index is 0.598. The predicted octanol–water partition coefficient (Wildman–Crippen LogP) is 4.34. The molecule has 1 aromatic heterocycles. The molecule has 0 radical (unpaired) electrons. The van der Waals surface area contributed by atoms with Gasteiger partial charge in [-0.25, -0.2) is 4.98 Å². The Balaban J connectivity index is 2.11. The highest BCUT2D eigenvalue weighted by atomic mass is 35.5. The molecule has 0 atom stereocenters. The van der Waals surface area contributed by atoms with E-state index in [-0.39, 0.29) is 0 Å². The van der Waals surface area contributed by atoms with Crippen molar-refractivity contribution in [2.45, 2.75) is 26.8 Å². The number of rotatable bonds is 6. The van der Waals surface area contributed by atoms with Crippen molar-refractivity contribution in [3.63, 3.8) is 0 Å². The van der Waals surface area contributed by atoms with E-state index in [1.165, 1.54) is 5.56 Å². The Bertz CT molecular complexity index is 572. The maximum absolute atomic E-state index is 5.95. The van der Waals surface area contributed by atoms with Gasteiger partial charge in [-0.1, -0.05) is 24.6 Å². The van der Waals surface area contributed by atoms with Gasteiger partial charge in [-0.2, -0.15) is 0 Å². The molecule has 3 nitrogen and oxygen atoms in total. The van der Waals surface area contributed by atoms with Crippen molar-refractivity contribution in [3.8, 4) is 11.6 Å². The lowest BCUT2D eigenvalue weighted by atomic mass is 10.2. The van der Waals surface area contributed by atoms with Crippen molar-refractivity contribution in [1.82, 2.24) is 10.3 Å². The first-order chi connectivity index (χ1) is 9.67. The number of pyridine rings is 1. The number of aryl methyl sites for hydroxylation is 1. The summed E-state index contributed by atoms with van der Waals surface area (Å²) in [5.74, 6) is 1.30. The van der Waals surface area contributed by atoms with Crippen LogP contribution in [0.1, 0.15) is 24.6 Å². The number of nitrogens with one attached hydrogen (secondary N) is 1. The van der Waals surface area contributed by atoms with Crippen LogP contribution in [0.5, 0.6) is 11.6 Å². The Morgan fingerprint density at radius 1 is 1.25 bits per heavy atom. The van der Waals surface area contributed by atoms with Gasteiger partial charge in [0.15, 0.2) is 0 Å². The Morgan fingerprint density at radius 3 is 2.85 bits per heavy atom. The molecule has 0 spiro atoms. The fourth-order valence-electron chi connectivity index (χ4n) is 1.92. The van der Waals surface area contributed by atoms with Gasteiger partial charge in [0.1, 0.15) is 5.75 Å². The molecule has 2 rings (SSSR count). The average molecular weight is 291 g/mol. The van der Waals surface area contributed by atoms with Gasteiger partial charge in [-0.3, -0.25) is 0 Å². The van der Waals surface area contributed by atoms with E-state index >= 15 is 0 Å². The smallest absolute Gasteiger partial charge is 0.219 e. The maximum Gasteiger partial charge on any atom is 0.219 e. The molecule has 2 aromatic rings. The molecular formula is C16H19ClN2O. The molecule has 1 heterocycles. The van der Waals surface area contributed by atoms with Gasteiger partial charge in [0, 0.05) is 23.3 Å². The summed E-state index contributed by atoms with van der Waals surface area (Å²) in [6, 6.07) is 11.3. The SMILES string of the molecule is CCCNCc1cc(C)nc(Oc2cccc(Cl)c2)c1. The zero-order valence-electron chi connectivity index (χ0n) is 11.8. The molecule has 0 unspecified atom stereocenters. The largest absolute Gasteiger partial charge is 0.439 e. The second-order valence-electron chi connectivity index (χ2n) is 4.69. The van der Waals surface area contributed by atoms with Crippen LogP contribution in [0, 0.1) is 6.92 Å². The minimum absolute atomic E-state index is 0.598. The van der Waals surface area contributed by atoms with E-state index in [1.54, 1.807) is 6.07 Å². The monoisotopic (exact) mass is 290 g/mol. The Kier molecular flexibility index (Phi) is 5.39. The molecule has 0 saturated carbocycles. The lowest BCUT2D eigenvalue weighted by Gasteiger charge is -2.09. The van der Waals surface area contributed by atoms with Crippen molar-refractivity contribution in [2.75, 3.05) is 6.54 Å². The molecule has 0 aliphatic carbocycles. The molecule has 0 bridgehead atoms. The van der Waals surface area contributed by atoms with Gasteiger partial charge >= 0.3 is 0 Å². The van der Waals surface area contributed by atoms with Crippen molar-refractivity contribution in [2.24, 2.45) is 0 Å². The third-order valence-corrected chi connectivity index (χ3v) is 3.00. The number of halogens is 1. The van der Waals surface area contributed by atoms with E-state index in [0.717, 1.165) is 25.2 Å². The molecule has 0 fully saturated rings. The van der Waals surface area contributed by atoms with Gasteiger partial charge in [0.2, 0.25) is 5.88 Å². The maximum atomic E-state index is 5.95. The summed E-state index contributed by atoms with van der Waals surface area (Å²) < 4.78 is 5.76. The van der Waals surface area contributed by atoms with Gasteiger partial charge in [0.25, 0.3) is 0 Å². The standard InChI is InChI=1S/C16H19ClN2O/c1-3-7-18-11-13-8-12(2)19-16(9-13)20-15-6-4-5-14(17)10-15/h4-6,8-10,18H,3,7,11H2,1-2H3. The van der Waals surface area contributed by atoms with Crippen LogP contribution in [-0.4, -0.2) is 11.5 Å². The van der Waals surface area contributed by atoms with Crippen LogP contribution in [0.4, 0.5) is 0 Å². The fraction of sp³-hybridized carbons (Fsp3) is 0.312. The van der Waals surface area contributed by atoms with E-state index in [1.807, 2.05) is 31.2 Å². The van der Waals surface area contributed by atoms with Gasteiger partial charge < -0.3 is 10.1 Å². The number of benzene rings is 1. The van der Waals surface area contributed by atoms with Crippen molar-refractivity contribution < 1.29 is 4.74 Å².